The van der Waals surface area contributed by atoms with Crippen molar-refractivity contribution in [3.8, 4) is 24.7 Å². The predicted octanol–water partition coefficient (Wildman–Crippen LogP) is 2.55. The summed E-state index contributed by atoms with van der Waals surface area (Å²) in [6.07, 6.45) is 14.7. The Morgan fingerprint density at radius 2 is 1.64 bits per heavy atom. The summed E-state index contributed by atoms with van der Waals surface area (Å²) in [7, 11) is -2.32. The smallest absolute Gasteiger partial charge is 0.243 e. The molecule has 1 fully saturated rings. The van der Waals surface area contributed by atoms with Gasteiger partial charge in [0.2, 0.25) is 21.8 Å². The Bertz CT molecular complexity index is 1270. The van der Waals surface area contributed by atoms with Crippen molar-refractivity contribution in [1.82, 2.24) is 19.8 Å². The third-order valence-corrected chi connectivity index (χ3v) is 11.1. The van der Waals surface area contributed by atoms with Crippen molar-refractivity contribution in [2.45, 2.75) is 102 Å². The molecule has 0 spiro atoms. The van der Waals surface area contributed by atoms with Crippen LogP contribution >= 0.6 is 0 Å². The van der Waals surface area contributed by atoms with Crippen LogP contribution in [0.5, 0.6) is 0 Å². The van der Waals surface area contributed by atoms with Crippen molar-refractivity contribution >= 4 is 21.8 Å². The van der Waals surface area contributed by atoms with Gasteiger partial charge in [-0.1, -0.05) is 76.3 Å². The minimum atomic E-state index is -3.84. The highest BCUT2D eigenvalue weighted by molar-refractivity contribution is 7.89. The van der Waals surface area contributed by atoms with Gasteiger partial charge in [0.05, 0.1) is 23.8 Å². The van der Waals surface area contributed by atoms with E-state index in [1.807, 2.05) is 44.2 Å². The van der Waals surface area contributed by atoms with E-state index in [0.717, 1.165) is 50.8 Å². The normalized spacial score (nSPS) is 17.2. The molecule has 0 radical (unpaired) electrons. The summed E-state index contributed by atoms with van der Waals surface area (Å²) in [6, 6.07) is 7.18. The van der Waals surface area contributed by atoms with Crippen LogP contribution in [0.4, 0.5) is 0 Å². The molecule has 10 nitrogen and oxygen atoms in total. The van der Waals surface area contributed by atoms with Gasteiger partial charge < -0.3 is 25.7 Å². The van der Waals surface area contributed by atoms with Crippen LogP contribution in [-0.4, -0.2) is 103 Å². The summed E-state index contributed by atoms with van der Waals surface area (Å²) in [4.78, 5) is 29.6. The molecule has 0 saturated heterocycles. The molecule has 262 valence electrons. The number of terminal acetylenes is 2. The number of carbonyl (C=O) groups is 2. The minimum Gasteiger partial charge on any atom is -0.390 e. The standard InChI is InChI=1S/C36H56N4O6S/c1-6-10-22-33(41)34(42)32(26-29-20-15-12-16-21-29)38-36(44)31(17-7-2)37-35(43)30(25-28-18-13-11-14-19-28)27-47(45,46)39(5)23-24-40(8-3)9-4/h1-2,11,13-14,18-19,29-34,41-42H,8-10,12,15-17,20-27H2,3-5H3,(H,37,43)(H,38,44). The lowest BCUT2D eigenvalue weighted by Gasteiger charge is -2.33. The minimum absolute atomic E-state index is 0.141. The van der Waals surface area contributed by atoms with Gasteiger partial charge in [0.25, 0.3) is 0 Å². The van der Waals surface area contributed by atoms with Gasteiger partial charge in [0, 0.05) is 33.0 Å². The molecule has 1 aromatic rings. The van der Waals surface area contributed by atoms with E-state index in [9.17, 15) is 28.2 Å². The SMILES string of the molecule is C#CCCC(O)C(O)C(CC1CCCCC1)NC(=O)C(CC#C)NC(=O)C(Cc1ccccc1)CS(=O)(=O)N(C)CCN(CC)CC. The van der Waals surface area contributed by atoms with Crippen molar-refractivity contribution in [3.05, 3.63) is 35.9 Å². The number of aliphatic hydroxyl groups is 2. The average molecular weight is 673 g/mol. The molecule has 1 saturated carbocycles. The summed E-state index contributed by atoms with van der Waals surface area (Å²) >= 11 is 0. The lowest BCUT2D eigenvalue weighted by atomic mass is 9.82. The van der Waals surface area contributed by atoms with Crippen LogP contribution in [0.25, 0.3) is 0 Å². The number of benzene rings is 1. The molecule has 0 heterocycles. The Morgan fingerprint density at radius 3 is 2.23 bits per heavy atom. The summed E-state index contributed by atoms with van der Waals surface area (Å²) in [5.41, 5.74) is 0.781. The molecule has 1 aromatic carbocycles. The van der Waals surface area contributed by atoms with E-state index in [2.05, 4.69) is 27.4 Å². The van der Waals surface area contributed by atoms with Crippen LogP contribution in [0.15, 0.2) is 30.3 Å². The second kappa shape index (κ2) is 21.1. The number of likely N-dealkylation sites (N-methyl/N-ethyl adjacent to an activating group) is 2. The van der Waals surface area contributed by atoms with Crippen molar-refractivity contribution in [1.29, 1.82) is 0 Å². The first-order chi connectivity index (χ1) is 22.4. The zero-order valence-electron chi connectivity index (χ0n) is 28.4. The molecular formula is C36H56N4O6S. The summed E-state index contributed by atoms with van der Waals surface area (Å²) in [5, 5.41) is 27.3. The molecule has 5 atom stereocenters. The molecule has 4 N–H and O–H groups in total. The molecule has 0 aromatic heterocycles. The molecule has 2 amide bonds. The van der Waals surface area contributed by atoms with E-state index < -0.39 is 57.8 Å². The van der Waals surface area contributed by atoms with Gasteiger partial charge in [0.1, 0.15) is 12.1 Å². The van der Waals surface area contributed by atoms with Gasteiger partial charge in [-0.15, -0.1) is 24.7 Å². The van der Waals surface area contributed by atoms with Crippen molar-refractivity contribution in [3.63, 3.8) is 0 Å². The highest BCUT2D eigenvalue weighted by Gasteiger charge is 2.35. The zero-order valence-corrected chi connectivity index (χ0v) is 29.3. The predicted molar refractivity (Wildman–Crippen MR) is 186 cm³/mol. The van der Waals surface area contributed by atoms with Crippen LogP contribution < -0.4 is 10.6 Å². The van der Waals surface area contributed by atoms with E-state index in [4.69, 9.17) is 12.8 Å². The van der Waals surface area contributed by atoms with E-state index in [1.165, 1.54) is 11.4 Å². The van der Waals surface area contributed by atoms with Gasteiger partial charge in [-0.3, -0.25) is 9.59 Å². The third-order valence-electron chi connectivity index (χ3n) is 9.19. The molecule has 47 heavy (non-hydrogen) atoms. The topological polar surface area (TPSA) is 139 Å². The summed E-state index contributed by atoms with van der Waals surface area (Å²) in [6.45, 7) is 6.47. The van der Waals surface area contributed by atoms with Gasteiger partial charge in [-0.2, -0.15) is 0 Å². The Labute approximate surface area is 283 Å². The number of aliphatic hydroxyl groups excluding tert-OH is 2. The maximum absolute atomic E-state index is 13.8. The van der Waals surface area contributed by atoms with Crippen molar-refractivity contribution in [2.75, 3.05) is 39.0 Å². The molecule has 0 aliphatic heterocycles. The summed E-state index contributed by atoms with van der Waals surface area (Å²) in [5.74, 6) is 2.52. The fourth-order valence-corrected chi connectivity index (χ4v) is 7.50. The van der Waals surface area contributed by atoms with E-state index in [1.54, 1.807) is 0 Å². The maximum Gasteiger partial charge on any atom is 0.243 e. The van der Waals surface area contributed by atoms with E-state index >= 15 is 0 Å². The lowest BCUT2D eigenvalue weighted by molar-refractivity contribution is -0.132. The van der Waals surface area contributed by atoms with Crippen LogP contribution in [0.3, 0.4) is 0 Å². The molecule has 11 heteroatoms. The quantitative estimate of drug-likeness (QED) is 0.147. The maximum atomic E-state index is 13.8. The largest absolute Gasteiger partial charge is 0.390 e. The molecule has 2 rings (SSSR count). The summed E-state index contributed by atoms with van der Waals surface area (Å²) < 4.78 is 28.2. The van der Waals surface area contributed by atoms with Crippen LogP contribution in [0, 0.1) is 36.5 Å². The number of rotatable bonds is 21. The average Bonchev–Trinajstić information content (AvgIpc) is 3.07. The number of nitrogens with one attached hydrogen (secondary N) is 2. The monoisotopic (exact) mass is 672 g/mol. The Hall–Kier alpha value is -2.93. The van der Waals surface area contributed by atoms with Crippen molar-refractivity contribution < 1.29 is 28.2 Å². The second-order valence-electron chi connectivity index (χ2n) is 12.6. The first kappa shape index (κ1) is 40.2. The van der Waals surface area contributed by atoms with Gasteiger partial charge in [0.15, 0.2) is 0 Å². The first-order valence-electron chi connectivity index (χ1n) is 17.0. The lowest BCUT2D eigenvalue weighted by Crippen LogP contribution is -2.56. The van der Waals surface area contributed by atoms with Gasteiger partial charge in [-0.25, -0.2) is 12.7 Å². The molecule has 0 bridgehead atoms. The van der Waals surface area contributed by atoms with Crippen LogP contribution in [-0.2, 0) is 26.0 Å². The number of sulfonamides is 1. The fourth-order valence-electron chi connectivity index (χ4n) is 6.10. The Balaban J connectivity index is 2.26. The van der Waals surface area contributed by atoms with Crippen molar-refractivity contribution in [2.24, 2.45) is 11.8 Å². The Morgan fingerprint density at radius 1 is 0.979 bits per heavy atom. The zero-order chi connectivity index (χ0) is 34.8. The number of amides is 2. The highest BCUT2D eigenvalue weighted by Crippen LogP contribution is 2.29. The van der Waals surface area contributed by atoms with Crippen LogP contribution in [0.2, 0.25) is 0 Å². The van der Waals surface area contributed by atoms with Crippen LogP contribution in [0.1, 0.15) is 77.2 Å². The van der Waals surface area contributed by atoms with E-state index in [-0.39, 0.29) is 38.1 Å². The number of carbonyl (C=O) groups excluding carboxylic acids is 2. The first-order valence-corrected chi connectivity index (χ1v) is 18.6. The fraction of sp³-hybridized carbons (Fsp3) is 0.667. The van der Waals surface area contributed by atoms with Gasteiger partial charge >= 0.3 is 0 Å². The third kappa shape index (κ3) is 14.0. The second-order valence-corrected chi connectivity index (χ2v) is 14.8. The number of hydrogen-bond acceptors (Lipinski definition) is 7. The molecular weight excluding hydrogens is 616 g/mol. The molecule has 5 unspecified atom stereocenters. The molecule has 1 aliphatic carbocycles. The number of hydrogen-bond donors (Lipinski definition) is 4. The Kier molecular flexibility index (Phi) is 18.1. The highest BCUT2D eigenvalue weighted by atomic mass is 32.2. The molecule has 1 aliphatic rings. The number of nitrogens with zero attached hydrogens (tertiary/aromatic N) is 2. The van der Waals surface area contributed by atoms with E-state index in [0.29, 0.717) is 13.0 Å². The van der Waals surface area contributed by atoms with Gasteiger partial charge in [-0.05, 0) is 43.8 Å².